The highest BCUT2D eigenvalue weighted by molar-refractivity contribution is 4.95. The van der Waals surface area contributed by atoms with E-state index in [9.17, 15) is 5.11 Å². The van der Waals surface area contributed by atoms with Crippen molar-refractivity contribution in [2.45, 2.75) is 56.8 Å². The van der Waals surface area contributed by atoms with E-state index in [2.05, 4.69) is 17.3 Å². The minimum Gasteiger partial charge on any atom is -0.392 e. The Morgan fingerprint density at radius 2 is 1.93 bits per heavy atom. The first-order chi connectivity index (χ1) is 6.65. The molecule has 2 bridgehead atoms. The van der Waals surface area contributed by atoms with Gasteiger partial charge in [0.05, 0.1) is 6.10 Å². The van der Waals surface area contributed by atoms with Gasteiger partial charge in [-0.1, -0.05) is 0 Å². The number of piperidine rings is 1. The lowest BCUT2D eigenvalue weighted by molar-refractivity contribution is 0.0963. The fourth-order valence-electron chi connectivity index (χ4n) is 2.95. The van der Waals surface area contributed by atoms with Gasteiger partial charge in [-0.25, -0.2) is 0 Å². The summed E-state index contributed by atoms with van der Waals surface area (Å²) >= 11 is 0. The third-order valence-electron chi connectivity index (χ3n) is 3.62. The van der Waals surface area contributed by atoms with Gasteiger partial charge in [-0.05, 0) is 39.7 Å². The number of nitrogens with zero attached hydrogens (tertiary/aromatic N) is 1. The highest BCUT2D eigenvalue weighted by Crippen LogP contribution is 2.29. The lowest BCUT2D eigenvalue weighted by atomic mass is 9.98. The van der Waals surface area contributed by atoms with Crippen molar-refractivity contribution in [3.05, 3.63) is 0 Å². The average Bonchev–Trinajstić information content (AvgIpc) is 2.44. The minimum absolute atomic E-state index is 0.201. The van der Waals surface area contributed by atoms with Gasteiger partial charge in [0.15, 0.2) is 0 Å². The van der Waals surface area contributed by atoms with Crippen molar-refractivity contribution in [3.8, 4) is 0 Å². The number of hydrogen-bond donors (Lipinski definition) is 2. The molecular weight excluding hydrogens is 176 g/mol. The molecule has 0 radical (unpaired) electrons. The molecule has 2 aliphatic heterocycles. The van der Waals surface area contributed by atoms with Crippen molar-refractivity contribution < 1.29 is 5.11 Å². The van der Waals surface area contributed by atoms with E-state index in [1.807, 2.05) is 6.92 Å². The number of nitrogens with one attached hydrogen (secondary N) is 1. The Balaban J connectivity index is 1.86. The number of rotatable bonds is 3. The van der Waals surface area contributed by atoms with Crippen LogP contribution in [-0.4, -0.2) is 47.8 Å². The quantitative estimate of drug-likeness (QED) is 0.696. The molecule has 0 aliphatic carbocycles. The van der Waals surface area contributed by atoms with Crippen molar-refractivity contribution >= 4 is 0 Å². The van der Waals surface area contributed by atoms with Gasteiger partial charge in [0.25, 0.3) is 0 Å². The van der Waals surface area contributed by atoms with Gasteiger partial charge < -0.3 is 15.3 Å². The summed E-state index contributed by atoms with van der Waals surface area (Å²) < 4.78 is 0. The summed E-state index contributed by atoms with van der Waals surface area (Å²) in [5.74, 6) is 0. The van der Waals surface area contributed by atoms with Gasteiger partial charge >= 0.3 is 0 Å². The largest absolute Gasteiger partial charge is 0.392 e. The van der Waals surface area contributed by atoms with Crippen LogP contribution in [-0.2, 0) is 0 Å². The van der Waals surface area contributed by atoms with Crippen LogP contribution in [0.1, 0.15) is 32.6 Å². The van der Waals surface area contributed by atoms with E-state index < -0.39 is 0 Å². The van der Waals surface area contributed by atoms with E-state index in [-0.39, 0.29) is 6.10 Å². The average molecular weight is 198 g/mol. The first-order valence-corrected chi connectivity index (χ1v) is 5.79. The molecule has 2 aliphatic rings. The monoisotopic (exact) mass is 198 g/mol. The number of likely N-dealkylation sites (N-methyl/N-ethyl adjacent to an activating group) is 1. The van der Waals surface area contributed by atoms with E-state index in [4.69, 9.17) is 0 Å². The van der Waals surface area contributed by atoms with E-state index in [1.165, 1.54) is 25.7 Å². The standard InChI is InChI=1S/C11H22N2O/c1-8(14)7-13(2)11-5-9-3-4-10(6-11)12-9/h8-12,14H,3-7H2,1-2H3. The molecule has 2 rings (SSSR count). The van der Waals surface area contributed by atoms with Gasteiger partial charge in [0, 0.05) is 24.7 Å². The summed E-state index contributed by atoms with van der Waals surface area (Å²) in [5.41, 5.74) is 0. The number of aliphatic hydroxyl groups is 1. The van der Waals surface area contributed by atoms with Gasteiger partial charge in [-0.2, -0.15) is 0 Å². The third kappa shape index (κ3) is 2.27. The summed E-state index contributed by atoms with van der Waals surface area (Å²) in [6.45, 7) is 2.68. The number of hydrogen-bond acceptors (Lipinski definition) is 3. The Kier molecular flexibility index (Phi) is 3.10. The van der Waals surface area contributed by atoms with Crippen LogP contribution in [0.4, 0.5) is 0 Å². The highest BCUT2D eigenvalue weighted by atomic mass is 16.3. The van der Waals surface area contributed by atoms with E-state index in [1.54, 1.807) is 0 Å². The van der Waals surface area contributed by atoms with Crippen molar-refractivity contribution in [2.75, 3.05) is 13.6 Å². The highest BCUT2D eigenvalue weighted by Gasteiger charge is 2.34. The Hall–Kier alpha value is -0.120. The molecule has 0 aromatic carbocycles. The second kappa shape index (κ2) is 4.17. The summed E-state index contributed by atoms with van der Waals surface area (Å²) in [5, 5.41) is 13.0. The Labute approximate surface area is 86.5 Å². The molecule has 3 atom stereocenters. The zero-order valence-electron chi connectivity index (χ0n) is 9.24. The normalized spacial score (nSPS) is 39.0. The number of aliphatic hydroxyl groups excluding tert-OH is 1. The number of fused-ring (bicyclic) bond motifs is 2. The maximum Gasteiger partial charge on any atom is 0.0639 e. The predicted octanol–water partition coefficient (Wildman–Crippen LogP) is 0.582. The second-order valence-corrected chi connectivity index (χ2v) is 5.05. The van der Waals surface area contributed by atoms with Crippen molar-refractivity contribution in [3.63, 3.8) is 0 Å². The maximum absolute atomic E-state index is 9.34. The molecule has 2 fully saturated rings. The molecule has 2 N–H and O–H groups in total. The Bertz CT molecular complexity index is 184. The first kappa shape index (κ1) is 10.4. The van der Waals surface area contributed by atoms with Gasteiger partial charge in [0.2, 0.25) is 0 Å². The van der Waals surface area contributed by atoms with Crippen molar-refractivity contribution in [1.29, 1.82) is 0 Å². The molecule has 0 aromatic rings. The topological polar surface area (TPSA) is 35.5 Å². The molecule has 0 amide bonds. The van der Waals surface area contributed by atoms with Gasteiger partial charge in [-0.15, -0.1) is 0 Å². The molecule has 2 heterocycles. The van der Waals surface area contributed by atoms with Crippen LogP contribution < -0.4 is 5.32 Å². The lowest BCUT2D eigenvalue weighted by Gasteiger charge is -2.36. The zero-order valence-corrected chi connectivity index (χ0v) is 9.24. The SMILES string of the molecule is CC(O)CN(C)C1CC2CCC(C1)N2. The predicted molar refractivity (Wildman–Crippen MR) is 57.3 cm³/mol. The van der Waals surface area contributed by atoms with Crippen LogP contribution in [0.2, 0.25) is 0 Å². The molecule has 14 heavy (non-hydrogen) atoms. The van der Waals surface area contributed by atoms with Crippen LogP contribution in [0.3, 0.4) is 0 Å². The van der Waals surface area contributed by atoms with E-state index in [0.29, 0.717) is 6.04 Å². The molecular formula is C11H22N2O. The fraction of sp³-hybridized carbons (Fsp3) is 1.00. The zero-order chi connectivity index (χ0) is 10.1. The summed E-state index contributed by atoms with van der Waals surface area (Å²) in [7, 11) is 2.14. The van der Waals surface area contributed by atoms with Crippen LogP contribution >= 0.6 is 0 Å². The van der Waals surface area contributed by atoms with Gasteiger partial charge in [0.1, 0.15) is 0 Å². The van der Waals surface area contributed by atoms with Crippen LogP contribution in [0.5, 0.6) is 0 Å². The van der Waals surface area contributed by atoms with Crippen molar-refractivity contribution in [1.82, 2.24) is 10.2 Å². The fourth-order valence-corrected chi connectivity index (χ4v) is 2.95. The lowest BCUT2D eigenvalue weighted by Crippen LogP contribution is -2.48. The van der Waals surface area contributed by atoms with Gasteiger partial charge in [-0.3, -0.25) is 0 Å². The van der Waals surface area contributed by atoms with E-state index >= 15 is 0 Å². The second-order valence-electron chi connectivity index (χ2n) is 5.05. The maximum atomic E-state index is 9.34. The Morgan fingerprint density at radius 3 is 2.43 bits per heavy atom. The summed E-state index contributed by atoms with van der Waals surface area (Å²) in [6.07, 6.45) is 5.03. The molecule has 0 saturated carbocycles. The third-order valence-corrected chi connectivity index (χ3v) is 3.62. The molecule has 0 aromatic heterocycles. The van der Waals surface area contributed by atoms with Crippen LogP contribution in [0, 0.1) is 0 Å². The molecule has 3 heteroatoms. The van der Waals surface area contributed by atoms with Crippen molar-refractivity contribution in [2.24, 2.45) is 0 Å². The Morgan fingerprint density at radius 1 is 1.36 bits per heavy atom. The molecule has 0 spiro atoms. The van der Waals surface area contributed by atoms with E-state index in [0.717, 1.165) is 18.6 Å². The molecule has 3 nitrogen and oxygen atoms in total. The molecule has 3 unspecified atom stereocenters. The minimum atomic E-state index is -0.201. The first-order valence-electron chi connectivity index (χ1n) is 5.79. The summed E-state index contributed by atoms with van der Waals surface area (Å²) in [6, 6.07) is 2.17. The molecule has 82 valence electrons. The smallest absolute Gasteiger partial charge is 0.0639 e. The van der Waals surface area contributed by atoms with Crippen LogP contribution in [0.25, 0.3) is 0 Å². The summed E-state index contributed by atoms with van der Waals surface area (Å²) in [4.78, 5) is 2.33. The van der Waals surface area contributed by atoms with Crippen LogP contribution in [0.15, 0.2) is 0 Å². The molecule has 2 saturated heterocycles.